The SMILES string of the molecule is CCCCCCCCCCCCCCCC(=O)N[C@H](CC(=O)OC1CC(C)CCC1C(C)C)C(=O)O. The molecule has 3 unspecified atom stereocenters. The fourth-order valence-corrected chi connectivity index (χ4v) is 5.40. The molecule has 0 spiro atoms. The molecule has 0 heterocycles. The van der Waals surface area contributed by atoms with E-state index in [4.69, 9.17) is 4.74 Å². The highest BCUT2D eigenvalue weighted by atomic mass is 16.5. The number of rotatable bonds is 20. The van der Waals surface area contributed by atoms with Crippen LogP contribution in [0.5, 0.6) is 0 Å². The normalized spacial score (nSPS) is 20.8. The number of carbonyl (C=O) groups excluding carboxylic acids is 2. The highest BCUT2D eigenvalue weighted by molar-refractivity contribution is 5.87. The van der Waals surface area contributed by atoms with E-state index in [1.54, 1.807) is 0 Å². The van der Waals surface area contributed by atoms with Crippen molar-refractivity contribution in [1.29, 1.82) is 0 Å². The lowest BCUT2D eigenvalue weighted by Gasteiger charge is -2.36. The number of hydrogen-bond acceptors (Lipinski definition) is 4. The van der Waals surface area contributed by atoms with Gasteiger partial charge in [-0.3, -0.25) is 9.59 Å². The molecule has 2 N–H and O–H groups in total. The Bertz CT molecular complexity index is 620. The predicted molar refractivity (Wildman–Crippen MR) is 146 cm³/mol. The Kier molecular flexibility index (Phi) is 17.6. The number of hydrogen-bond donors (Lipinski definition) is 2. The quantitative estimate of drug-likeness (QED) is 0.131. The van der Waals surface area contributed by atoms with Crippen LogP contribution in [0.3, 0.4) is 0 Å². The van der Waals surface area contributed by atoms with Gasteiger partial charge in [0.05, 0.1) is 6.42 Å². The molecule has 1 rings (SSSR count). The summed E-state index contributed by atoms with van der Waals surface area (Å²) >= 11 is 0. The maximum absolute atomic E-state index is 12.5. The molecule has 1 saturated carbocycles. The van der Waals surface area contributed by atoms with E-state index in [9.17, 15) is 19.5 Å². The van der Waals surface area contributed by atoms with E-state index in [0.29, 0.717) is 24.2 Å². The zero-order chi connectivity index (χ0) is 26.8. The number of unbranched alkanes of at least 4 members (excludes halogenated alkanes) is 12. The average Bonchev–Trinajstić information content (AvgIpc) is 2.81. The minimum Gasteiger partial charge on any atom is -0.480 e. The number of carboxylic acid groups (broad SMARTS) is 1. The topological polar surface area (TPSA) is 92.7 Å². The Morgan fingerprint density at radius 1 is 0.861 bits per heavy atom. The van der Waals surface area contributed by atoms with E-state index in [2.05, 4.69) is 33.0 Å². The molecule has 0 saturated heterocycles. The van der Waals surface area contributed by atoms with E-state index in [1.807, 2.05) is 0 Å². The van der Waals surface area contributed by atoms with Gasteiger partial charge in [0, 0.05) is 6.42 Å². The average molecular weight is 510 g/mol. The number of carboxylic acids is 1. The van der Waals surface area contributed by atoms with Crippen LogP contribution in [0, 0.1) is 17.8 Å². The Morgan fingerprint density at radius 3 is 1.89 bits per heavy atom. The first kappa shape index (κ1) is 32.4. The Labute approximate surface area is 220 Å². The number of esters is 1. The van der Waals surface area contributed by atoms with Crippen LogP contribution in [0.1, 0.15) is 143 Å². The summed E-state index contributed by atoms with van der Waals surface area (Å²) in [6, 6.07) is -1.23. The van der Waals surface area contributed by atoms with Crippen molar-refractivity contribution in [1.82, 2.24) is 5.32 Å². The highest BCUT2D eigenvalue weighted by Gasteiger charge is 2.34. The van der Waals surface area contributed by atoms with E-state index in [1.165, 1.54) is 64.2 Å². The third kappa shape index (κ3) is 14.8. The fraction of sp³-hybridized carbons (Fsp3) is 0.900. The highest BCUT2D eigenvalue weighted by Crippen LogP contribution is 2.35. The summed E-state index contributed by atoms with van der Waals surface area (Å²) in [5.74, 6) is -0.821. The van der Waals surface area contributed by atoms with Crippen molar-refractivity contribution < 1.29 is 24.2 Å². The maximum Gasteiger partial charge on any atom is 0.326 e. The summed E-state index contributed by atoms with van der Waals surface area (Å²) in [5, 5.41) is 12.1. The summed E-state index contributed by atoms with van der Waals surface area (Å²) in [4.78, 5) is 36.5. The first-order valence-corrected chi connectivity index (χ1v) is 15.0. The Balaban J connectivity index is 2.19. The molecule has 0 aromatic heterocycles. The number of carbonyl (C=O) groups is 3. The molecule has 0 aromatic carbocycles. The van der Waals surface area contributed by atoms with Gasteiger partial charge in [-0.2, -0.15) is 0 Å². The van der Waals surface area contributed by atoms with Gasteiger partial charge in [0.1, 0.15) is 12.1 Å². The predicted octanol–water partition coefficient (Wildman–Crippen LogP) is 7.43. The molecule has 4 atom stereocenters. The summed E-state index contributed by atoms with van der Waals surface area (Å²) in [7, 11) is 0. The molecule has 1 amide bonds. The van der Waals surface area contributed by atoms with E-state index in [0.717, 1.165) is 38.5 Å². The second kappa shape index (κ2) is 19.5. The molecule has 6 nitrogen and oxygen atoms in total. The molecule has 0 aromatic rings. The van der Waals surface area contributed by atoms with Gasteiger partial charge in [-0.05, 0) is 37.0 Å². The van der Waals surface area contributed by atoms with Crippen LogP contribution in [0.4, 0.5) is 0 Å². The molecule has 0 aliphatic heterocycles. The summed E-state index contributed by atoms with van der Waals surface area (Å²) in [5.41, 5.74) is 0. The molecule has 210 valence electrons. The van der Waals surface area contributed by atoms with Gasteiger partial charge in [-0.1, -0.05) is 111 Å². The monoisotopic (exact) mass is 509 g/mol. The second-order valence-electron chi connectivity index (χ2n) is 11.5. The van der Waals surface area contributed by atoms with Gasteiger partial charge in [0.25, 0.3) is 0 Å². The number of nitrogens with one attached hydrogen (secondary N) is 1. The van der Waals surface area contributed by atoms with Gasteiger partial charge < -0.3 is 15.2 Å². The van der Waals surface area contributed by atoms with E-state index in [-0.39, 0.29) is 18.4 Å². The molecule has 1 aliphatic carbocycles. The lowest BCUT2D eigenvalue weighted by atomic mass is 9.75. The third-order valence-corrected chi connectivity index (χ3v) is 7.76. The largest absolute Gasteiger partial charge is 0.480 e. The van der Waals surface area contributed by atoms with Gasteiger partial charge in [0.15, 0.2) is 0 Å². The second-order valence-corrected chi connectivity index (χ2v) is 11.5. The zero-order valence-corrected chi connectivity index (χ0v) is 23.7. The minimum atomic E-state index is -1.23. The van der Waals surface area contributed by atoms with Crippen molar-refractivity contribution in [3.8, 4) is 0 Å². The molecule has 0 radical (unpaired) electrons. The lowest BCUT2D eigenvalue weighted by Crippen LogP contribution is -2.43. The number of ether oxygens (including phenoxy) is 1. The summed E-state index contributed by atoms with van der Waals surface area (Å²) in [6.45, 7) is 8.68. The van der Waals surface area contributed by atoms with Gasteiger partial charge in [-0.15, -0.1) is 0 Å². The molecule has 0 bridgehead atoms. The molecule has 36 heavy (non-hydrogen) atoms. The van der Waals surface area contributed by atoms with Gasteiger partial charge in [0.2, 0.25) is 5.91 Å². The number of amides is 1. The van der Waals surface area contributed by atoms with Crippen molar-refractivity contribution in [3.05, 3.63) is 0 Å². The van der Waals surface area contributed by atoms with Crippen LogP contribution in [-0.2, 0) is 19.1 Å². The Morgan fingerprint density at radius 2 is 1.39 bits per heavy atom. The third-order valence-electron chi connectivity index (χ3n) is 7.76. The minimum absolute atomic E-state index is 0.169. The van der Waals surface area contributed by atoms with Crippen LogP contribution in [0.2, 0.25) is 0 Å². The zero-order valence-electron chi connectivity index (χ0n) is 23.7. The van der Waals surface area contributed by atoms with Crippen LogP contribution < -0.4 is 5.32 Å². The van der Waals surface area contributed by atoms with E-state index >= 15 is 0 Å². The van der Waals surface area contributed by atoms with Crippen molar-refractivity contribution in [2.24, 2.45) is 17.8 Å². The van der Waals surface area contributed by atoms with Crippen molar-refractivity contribution in [3.63, 3.8) is 0 Å². The fourth-order valence-electron chi connectivity index (χ4n) is 5.40. The molecule has 6 heteroatoms. The Hall–Kier alpha value is -1.59. The van der Waals surface area contributed by atoms with Crippen LogP contribution in [0.15, 0.2) is 0 Å². The molecule has 1 fully saturated rings. The van der Waals surface area contributed by atoms with Crippen LogP contribution in [-0.4, -0.2) is 35.1 Å². The number of aliphatic carboxylic acids is 1. The standard InChI is InChI=1S/C30H55NO5/c1-5-6-7-8-9-10-11-12-13-14-15-16-17-18-28(32)31-26(30(34)35)22-29(33)36-27-21-24(4)19-20-25(27)23(2)3/h23-27H,5-22H2,1-4H3,(H,31,32)(H,34,35)/t24?,25?,26-,27?/m1/s1. The summed E-state index contributed by atoms with van der Waals surface area (Å²) < 4.78 is 5.73. The van der Waals surface area contributed by atoms with Gasteiger partial charge in [-0.25, -0.2) is 4.79 Å². The smallest absolute Gasteiger partial charge is 0.326 e. The molecular formula is C30H55NO5. The van der Waals surface area contributed by atoms with Crippen molar-refractivity contribution in [2.45, 2.75) is 155 Å². The summed E-state index contributed by atoms with van der Waals surface area (Å²) in [6.07, 6.45) is 18.8. The molecular weight excluding hydrogens is 454 g/mol. The van der Waals surface area contributed by atoms with Crippen molar-refractivity contribution >= 4 is 17.8 Å². The first-order chi connectivity index (χ1) is 17.2. The first-order valence-electron chi connectivity index (χ1n) is 15.0. The van der Waals surface area contributed by atoms with E-state index < -0.39 is 18.0 Å². The van der Waals surface area contributed by atoms with Crippen molar-refractivity contribution in [2.75, 3.05) is 0 Å². The maximum atomic E-state index is 12.5. The molecule has 1 aliphatic rings. The van der Waals surface area contributed by atoms with Crippen LogP contribution in [0.25, 0.3) is 0 Å². The van der Waals surface area contributed by atoms with Gasteiger partial charge >= 0.3 is 11.9 Å². The lowest BCUT2D eigenvalue weighted by molar-refractivity contribution is -0.159. The van der Waals surface area contributed by atoms with Crippen LogP contribution >= 0.6 is 0 Å².